The van der Waals surface area contributed by atoms with Crippen LogP contribution in [-0.2, 0) is 6.42 Å². The van der Waals surface area contributed by atoms with E-state index in [1.165, 1.54) is 23.5 Å². The molecular weight excluding hydrogens is 402 g/mol. The van der Waals surface area contributed by atoms with Crippen LogP contribution in [0.4, 0.5) is 8.78 Å². The molecule has 102 valence electrons. The number of aliphatic hydroxyl groups excluding tert-OH is 1. The maximum atomic E-state index is 13.8. The van der Waals surface area contributed by atoms with E-state index in [-0.39, 0.29) is 16.5 Å². The Bertz CT molecular complexity index is 593. The third kappa shape index (κ3) is 3.24. The van der Waals surface area contributed by atoms with E-state index in [4.69, 9.17) is 0 Å². The average molecular weight is 412 g/mol. The van der Waals surface area contributed by atoms with Gasteiger partial charge in [0.05, 0.1) is 10.6 Å². The van der Waals surface area contributed by atoms with Gasteiger partial charge >= 0.3 is 0 Å². The summed E-state index contributed by atoms with van der Waals surface area (Å²) in [5.74, 6) is -1.31. The van der Waals surface area contributed by atoms with Crippen molar-refractivity contribution in [2.75, 3.05) is 0 Å². The van der Waals surface area contributed by atoms with Crippen molar-refractivity contribution < 1.29 is 13.9 Å². The minimum absolute atomic E-state index is 0.0938. The Hall–Kier alpha value is -0.300. The van der Waals surface area contributed by atoms with Crippen LogP contribution < -0.4 is 0 Å². The van der Waals surface area contributed by atoms with Crippen molar-refractivity contribution in [2.45, 2.75) is 19.4 Å². The third-order valence-electron chi connectivity index (χ3n) is 2.74. The normalized spacial score (nSPS) is 12.7. The molecule has 1 nitrogen and oxygen atoms in total. The van der Waals surface area contributed by atoms with Gasteiger partial charge in [0.25, 0.3) is 0 Å². The molecule has 1 atom stereocenters. The molecule has 1 heterocycles. The fourth-order valence-electron chi connectivity index (χ4n) is 1.70. The SMILES string of the molecule is Cc1sc(C(O)Cc2c(F)ccc(Br)c2F)cc1Br. The highest BCUT2D eigenvalue weighted by atomic mass is 79.9. The summed E-state index contributed by atoms with van der Waals surface area (Å²) in [4.78, 5) is 1.70. The Kier molecular flexibility index (Phi) is 4.76. The Morgan fingerprint density at radius 3 is 2.53 bits per heavy atom. The van der Waals surface area contributed by atoms with Crippen LogP contribution in [0.1, 0.15) is 21.4 Å². The molecule has 1 aromatic carbocycles. The number of rotatable bonds is 3. The van der Waals surface area contributed by atoms with Gasteiger partial charge in [-0.3, -0.25) is 0 Å². The topological polar surface area (TPSA) is 20.2 Å². The summed E-state index contributed by atoms with van der Waals surface area (Å²) in [7, 11) is 0. The molecular formula is C13H10Br2F2OS. The lowest BCUT2D eigenvalue weighted by Crippen LogP contribution is -2.05. The van der Waals surface area contributed by atoms with E-state index >= 15 is 0 Å². The maximum Gasteiger partial charge on any atom is 0.143 e. The summed E-state index contributed by atoms with van der Waals surface area (Å²) in [6, 6.07) is 4.27. The zero-order valence-corrected chi connectivity index (χ0v) is 13.9. The Balaban J connectivity index is 2.28. The van der Waals surface area contributed by atoms with Crippen molar-refractivity contribution in [3.8, 4) is 0 Å². The Labute approximate surface area is 130 Å². The van der Waals surface area contributed by atoms with Crippen LogP contribution in [0.25, 0.3) is 0 Å². The van der Waals surface area contributed by atoms with Crippen molar-refractivity contribution in [3.63, 3.8) is 0 Å². The molecule has 0 radical (unpaired) electrons. The number of hydrogen-bond donors (Lipinski definition) is 1. The molecule has 0 fully saturated rings. The maximum absolute atomic E-state index is 13.8. The van der Waals surface area contributed by atoms with Crippen LogP contribution in [-0.4, -0.2) is 5.11 Å². The van der Waals surface area contributed by atoms with Crippen LogP contribution in [0.5, 0.6) is 0 Å². The lowest BCUT2D eigenvalue weighted by atomic mass is 10.1. The predicted octanol–water partition coefficient (Wildman–Crippen LogP) is 5.14. The molecule has 0 spiro atoms. The summed E-state index contributed by atoms with van der Waals surface area (Å²) in [6.45, 7) is 1.91. The van der Waals surface area contributed by atoms with Gasteiger partial charge in [-0.1, -0.05) is 0 Å². The summed E-state index contributed by atoms with van der Waals surface area (Å²) in [5, 5.41) is 10.1. The summed E-state index contributed by atoms with van der Waals surface area (Å²) in [5.41, 5.74) is -0.107. The number of thiophene rings is 1. The molecule has 19 heavy (non-hydrogen) atoms. The average Bonchev–Trinajstić information content (AvgIpc) is 2.70. The van der Waals surface area contributed by atoms with Gasteiger partial charge < -0.3 is 5.11 Å². The van der Waals surface area contributed by atoms with E-state index in [2.05, 4.69) is 31.9 Å². The van der Waals surface area contributed by atoms with Gasteiger partial charge in [0.2, 0.25) is 0 Å². The van der Waals surface area contributed by atoms with Crippen LogP contribution in [0.2, 0.25) is 0 Å². The smallest absolute Gasteiger partial charge is 0.143 e. The monoisotopic (exact) mass is 410 g/mol. The standard InChI is InChI=1S/C13H10Br2F2OS/c1-6-9(15)5-12(19-6)11(18)4-7-10(16)3-2-8(14)13(7)17/h2-3,5,11,18H,4H2,1H3. The van der Waals surface area contributed by atoms with Gasteiger partial charge in [-0.2, -0.15) is 0 Å². The number of benzene rings is 1. The van der Waals surface area contributed by atoms with Crippen molar-refractivity contribution in [3.05, 3.63) is 54.1 Å². The highest BCUT2D eigenvalue weighted by Gasteiger charge is 2.19. The van der Waals surface area contributed by atoms with Crippen molar-refractivity contribution in [1.82, 2.24) is 0 Å². The minimum Gasteiger partial charge on any atom is -0.387 e. The Morgan fingerprint density at radius 2 is 1.95 bits per heavy atom. The zero-order chi connectivity index (χ0) is 14.2. The molecule has 0 saturated heterocycles. The molecule has 0 amide bonds. The predicted molar refractivity (Wildman–Crippen MR) is 79.5 cm³/mol. The number of aryl methyl sites for hydroxylation is 1. The number of hydrogen-bond acceptors (Lipinski definition) is 2. The molecule has 0 bridgehead atoms. The molecule has 0 aliphatic rings. The van der Waals surface area contributed by atoms with Gasteiger partial charge in [-0.25, -0.2) is 8.78 Å². The van der Waals surface area contributed by atoms with E-state index in [1.807, 2.05) is 6.92 Å². The fraction of sp³-hybridized carbons (Fsp3) is 0.231. The summed E-state index contributed by atoms with van der Waals surface area (Å²) in [6.07, 6.45) is -1.02. The van der Waals surface area contributed by atoms with Gasteiger partial charge in [-0.15, -0.1) is 11.3 Å². The van der Waals surface area contributed by atoms with Gasteiger partial charge in [0, 0.05) is 26.2 Å². The van der Waals surface area contributed by atoms with Crippen molar-refractivity contribution in [2.24, 2.45) is 0 Å². The highest BCUT2D eigenvalue weighted by Crippen LogP contribution is 2.33. The molecule has 1 aromatic heterocycles. The zero-order valence-electron chi connectivity index (χ0n) is 9.88. The van der Waals surface area contributed by atoms with Gasteiger partial charge in [0.1, 0.15) is 11.6 Å². The van der Waals surface area contributed by atoms with E-state index in [0.717, 1.165) is 9.35 Å². The quantitative estimate of drug-likeness (QED) is 0.693. The Morgan fingerprint density at radius 1 is 1.26 bits per heavy atom. The lowest BCUT2D eigenvalue weighted by Gasteiger charge is -2.11. The largest absolute Gasteiger partial charge is 0.387 e. The van der Waals surface area contributed by atoms with Crippen molar-refractivity contribution >= 4 is 43.2 Å². The molecule has 1 N–H and O–H groups in total. The molecule has 0 aliphatic heterocycles. The molecule has 6 heteroatoms. The van der Waals surface area contributed by atoms with Crippen LogP contribution in [0.3, 0.4) is 0 Å². The molecule has 0 aliphatic carbocycles. The van der Waals surface area contributed by atoms with Crippen LogP contribution >= 0.6 is 43.2 Å². The molecule has 2 aromatic rings. The first kappa shape index (κ1) is 15.1. The van der Waals surface area contributed by atoms with E-state index < -0.39 is 17.7 Å². The third-order valence-corrected chi connectivity index (χ3v) is 5.59. The first-order valence-electron chi connectivity index (χ1n) is 5.46. The minimum atomic E-state index is -0.923. The molecule has 1 unspecified atom stereocenters. The van der Waals surface area contributed by atoms with Crippen LogP contribution in [0, 0.1) is 18.6 Å². The second kappa shape index (κ2) is 5.99. The highest BCUT2D eigenvalue weighted by molar-refractivity contribution is 9.10. The summed E-state index contributed by atoms with van der Waals surface area (Å²) < 4.78 is 28.5. The molecule has 0 saturated carbocycles. The summed E-state index contributed by atoms with van der Waals surface area (Å²) >= 11 is 7.77. The van der Waals surface area contributed by atoms with Gasteiger partial charge in [-0.05, 0) is 57.0 Å². The second-order valence-corrected chi connectivity index (χ2v) is 7.09. The van der Waals surface area contributed by atoms with E-state index in [9.17, 15) is 13.9 Å². The second-order valence-electron chi connectivity index (χ2n) is 4.09. The van der Waals surface area contributed by atoms with E-state index in [0.29, 0.717) is 4.88 Å². The molecule has 2 rings (SSSR count). The first-order valence-corrected chi connectivity index (χ1v) is 7.86. The number of halogens is 4. The fourth-order valence-corrected chi connectivity index (χ4v) is 3.61. The van der Waals surface area contributed by atoms with E-state index in [1.54, 1.807) is 6.07 Å². The number of aliphatic hydroxyl groups is 1. The van der Waals surface area contributed by atoms with Crippen LogP contribution in [0.15, 0.2) is 27.1 Å². The van der Waals surface area contributed by atoms with Gasteiger partial charge in [0.15, 0.2) is 0 Å². The van der Waals surface area contributed by atoms with Crippen molar-refractivity contribution in [1.29, 1.82) is 0 Å². The first-order chi connectivity index (χ1) is 8.90. The lowest BCUT2D eigenvalue weighted by molar-refractivity contribution is 0.179.